The molecular weight excluding hydrogens is 492 g/mol. The van der Waals surface area contributed by atoms with Gasteiger partial charge in [0.25, 0.3) is 5.91 Å². The molecule has 3 rings (SSSR count). The van der Waals surface area contributed by atoms with E-state index in [-0.39, 0.29) is 12.5 Å². The summed E-state index contributed by atoms with van der Waals surface area (Å²) in [4.78, 5) is 12.3. The van der Waals surface area contributed by atoms with Crippen molar-refractivity contribution in [2.75, 3.05) is 18.5 Å². The lowest BCUT2D eigenvalue weighted by atomic mass is 10.2. The van der Waals surface area contributed by atoms with Gasteiger partial charge in [0, 0.05) is 28.3 Å². The molecule has 0 fully saturated rings. The number of rotatable bonds is 10. The van der Waals surface area contributed by atoms with Crippen LogP contribution in [0, 0.1) is 6.92 Å². The van der Waals surface area contributed by atoms with Crippen LogP contribution in [0.4, 0.5) is 5.69 Å². The summed E-state index contributed by atoms with van der Waals surface area (Å²) in [7, 11) is 0. The van der Waals surface area contributed by atoms with Gasteiger partial charge in [0.05, 0.1) is 6.61 Å². The Balaban J connectivity index is 1.62. The Labute approximate surface area is 202 Å². The lowest BCUT2D eigenvalue weighted by Crippen LogP contribution is -2.20. The average Bonchev–Trinajstić information content (AvgIpc) is 2.77. The highest BCUT2D eigenvalue weighted by Gasteiger charge is 2.13. The van der Waals surface area contributed by atoms with Crippen molar-refractivity contribution in [3.8, 4) is 11.5 Å². The highest BCUT2D eigenvalue weighted by atomic mass is 79.9. The van der Waals surface area contributed by atoms with Crippen LogP contribution in [0.5, 0.6) is 11.5 Å². The second kappa shape index (κ2) is 11.9. The number of anilines is 1. The predicted octanol–water partition coefficient (Wildman–Crippen LogP) is 6.12. The van der Waals surface area contributed by atoms with Gasteiger partial charge in [0.15, 0.2) is 18.1 Å². The van der Waals surface area contributed by atoms with Crippen LogP contribution in [0.15, 0.2) is 65.1 Å². The molecule has 0 heterocycles. The molecule has 168 valence electrons. The van der Waals surface area contributed by atoms with Crippen molar-refractivity contribution in [3.05, 3.63) is 86.8 Å². The molecule has 0 aliphatic carbocycles. The molecule has 0 atom stereocenters. The number of aryl methyl sites for hydroxylation is 1. The minimum absolute atomic E-state index is 0.121. The smallest absolute Gasteiger partial charge is 0.262 e. The van der Waals surface area contributed by atoms with E-state index in [2.05, 4.69) is 26.6 Å². The van der Waals surface area contributed by atoms with Crippen LogP contribution in [-0.4, -0.2) is 19.1 Å². The summed E-state index contributed by atoms with van der Waals surface area (Å²) >= 11 is 9.82. The SMILES string of the molecule is CCOc1cc(CNCc2ccccc2Cl)c(Br)cc1OCC(=O)Nc1ccc(C)cc1. The monoisotopic (exact) mass is 516 g/mol. The zero-order chi connectivity index (χ0) is 22.9. The topological polar surface area (TPSA) is 59.6 Å². The molecule has 0 saturated heterocycles. The fraction of sp³-hybridized carbons (Fsp3) is 0.240. The maximum atomic E-state index is 12.3. The van der Waals surface area contributed by atoms with Crippen LogP contribution < -0.4 is 20.1 Å². The second-order valence-electron chi connectivity index (χ2n) is 7.22. The Morgan fingerprint density at radius 1 is 0.969 bits per heavy atom. The third kappa shape index (κ3) is 6.99. The Morgan fingerprint density at radius 2 is 1.66 bits per heavy atom. The molecule has 0 radical (unpaired) electrons. The molecule has 5 nitrogen and oxygen atoms in total. The lowest BCUT2D eigenvalue weighted by molar-refractivity contribution is -0.118. The van der Waals surface area contributed by atoms with E-state index in [0.717, 1.165) is 31.9 Å². The lowest BCUT2D eigenvalue weighted by Gasteiger charge is -2.15. The van der Waals surface area contributed by atoms with Crippen molar-refractivity contribution in [3.63, 3.8) is 0 Å². The standard InChI is InChI=1S/C25H26BrClN2O3/c1-3-31-23-12-19(15-28-14-18-6-4-5-7-22(18)27)21(26)13-24(23)32-16-25(30)29-20-10-8-17(2)9-11-20/h4-13,28H,3,14-16H2,1-2H3,(H,29,30). The summed E-state index contributed by atoms with van der Waals surface area (Å²) in [5.74, 6) is 0.860. The maximum absolute atomic E-state index is 12.3. The summed E-state index contributed by atoms with van der Waals surface area (Å²) in [6.45, 7) is 5.53. The van der Waals surface area contributed by atoms with Gasteiger partial charge in [-0.2, -0.15) is 0 Å². The average molecular weight is 518 g/mol. The first kappa shape index (κ1) is 24.1. The van der Waals surface area contributed by atoms with E-state index in [1.165, 1.54) is 0 Å². The van der Waals surface area contributed by atoms with Crippen molar-refractivity contribution >= 4 is 39.1 Å². The third-order valence-electron chi connectivity index (χ3n) is 4.70. The summed E-state index contributed by atoms with van der Waals surface area (Å²) in [5.41, 5.74) is 3.91. The van der Waals surface area contributed by atoms with Crippen LogP contribution >= 0.6 is 27.5 Å². The van der Waals surface area contributed by atoms with Gasteiger partial charge in [-0.1, -0.05) is 63.4 Å². The number of benzene rings is 3. The normalized spacial score (nSPS) is 10.6. The molecule has 0 aliphatic heterocycles. The highest BCUT2D eigenvalue weighted by molar-refractivity contribution is 9.10. The number of carbonyl (C=O) groups excluding carboxylic acids is 1. The Kier molecular flexibility index (Phi) is 8.97. The van der Waals surface area contributed by atoms with Crippen molar-refractivity contribution < 1.29 is 14.3 Å². The quantitative estimate of drug-likeness (QED) is 0.340. The van der Waals surface area contributed by atoms with Gasteiger partial charge < -0.3 is 20.1 Å². The first-order chi connectivity index (χ1) is 15.5. The summed E-state index contributed by atoms with van der Waals surface area (Å²) in [6, 6.07) is 19.1. The molecule has 32 heavy (non-hydrogen) atoms. The van der Waals surface area contributed by atoms with E-state index in [4.69, 9.17) is 21.1 Å². The molecule has 0 aromatic heterocycles. The third-order valence-corrected chi connectivity index (χ3v) is 5.80. The van der Waals surface area contributed by atoms with Crippen LogP contribution in [0.25, 0.3) is 0 Å². The number of halogens is 2. The van der Waals surface area contributed by atoms with Crippen LogP contribution in [-0.2, 0) is 17.9 Å². The van der Waals surface area contributed by atoms with Crippen molar-refractivity contribution in [1.29, 1.82) is 0 Å². The zero-order valence-electron chi connectivity index (χ0n) is 18.1. The summed E-state index contributed by atoms with van der Waals surface area (Å²) in [6.07, 6.45) is 0. The van der Waals surface area contributed by atoms with Crippen LogP contribution in [0.2, 0.25) is 5.02 Å². The van der Waals surface area contributed by atoms with Gasteiger partial charge in [0.1, 0.15) is 0 Å². The fourth-order valence-electron chi connectivity index (χ4n) is 3.04. The van der Waals surface area contributed by atoms with E-state index in [1.54, 1.807) is 0 Å². The zero-order valence-corrected chi connectivity index (χ0v) is 20.4. The molecule has 3 aromatic carbocycles. The van der Waals surface area contributed by atoms with Crippen molar-refractivity contribution in [1.82, 2.24) is 5.32 Å². The fourth-order valence-corrected chi connectivity index (χ4v) is 3.71. The Bertz CT molecular complexity index is 1060. The Hall–Kier alpha value is -2.54. The first-order valence-electron chi connectivity index (χ1n) is 10.3. The molecule has 0 aliphatic rings. The molecular formula is C25H26BrClN2O3. The number of hydrogen-bond acceptors (Lipinski definition) is 4. The number of carbonyl (C=O) groups is 1. The number of ether oxygens (including phenoxy) is 2. The van der Waals surface area contributed by atoms with E-state index in [0.29, 0.717) is 31.2 Å². The van der Waals surface area contributed by atoms with E-state index in [9.17, 15) is 4.79 Å². The van der Waals surface area contributed by atoms with Crippen molar-refractivity contribution in [2.45, 2.75) is 26.9 Å². The number of hydrogen-bond donors (Lipinski definition) is 2. The summed E-state index contributed by atoms with van der Waals surface area (Å²) < 4.78 is 12.4. The highest BCUT2D eigenvalue weighted by Crippen LogP contribution is 2.34. The van der Waals surface area contributed by atoms with Gasteiger partial charge in [-0.15, -0.1) is 0 Å². The minimum Gasteiger partial charge on any atom is -0.490 e. The van der Waals surface area contributed by atoms with E-state index in [1.807, 2.05) is 74.5 Å². The molecule has 1 amide bonds. The van der Waals surface area contributed by atoms with Gasteiger partial charge in [-0.05, 0) is 55.3 Å². The largest absolute Gasteiger partial charge is 0.490 e. The molecule has 0 saturated carbocycles. The second-order valence-corrected chi connectivity index (χ2v) is 8.48. The van der Waals surface area contributed by atoms with Crippen molar-refractivity contribution in [2.24, 2.45) is 0 Å². The van der Waals surface area contributed by atoms with Gasteiger partial charge in [0.2, 0.25) is 0 Å². The molecule has 0 bridgehead atoms. The van der Waals surface area contributed by atoms with E-state index < -0.39 is 0 Å². The Morgan fingerprint density at radius 3 is 2.38 bits per heavy atom. The molecule has 3 aromatic rings. The molecule has 0 spiro atoms. The van der Waals surface area contributed by atoms with E-state index >= 15 is 0 Å². The van der Waals surface area contributed by atoms with Gasteiger partial charge in [-0.25, -0.2) is 0 Å². The molecule has 2 N–H and O–H groups in total. The number of amides is 1. The predicted molar refractivity (Wildman–Crippen MR) is 133 cm³/mol. The van der Waals surface area contributed by atoms with Crippen LogP contribution in [0.3, 0.4) is 0 Å². The van der Waals surface area contributed by atoms with Gasteiger partial charge >= 0.3 is 0 Å². The molecule has 0 unspecified atom stereocenters. The number of nitrogens with one attached hydrogen (secondary N) is 2. The maximum Gasteiger partial charge on any atom is 0.262 e. The first-order valence-corrected chi connectivity index (χ1v) is 11.5. The molecule has 7 heteroatoms. The van der Waals surface area contributed by atoms with Gasteiger partial charge in [-0.3, -0.25) is 4.79 Å². The minimum atomic E-state index is -0.238. The summed E-state index contributed by atoms with van der Waals surface area (Å²) in [5, 5.41) is 6.96. The van der Waals surface area contributed by atoms with Crippen LogP contribution in [0.1, 0.15) is 23.6 Å².